The molecule has 0 aromatic carbocycles. The van der Waals surface area contributed by atoms with Gasteiger partial charge in [-0.15, -0.1) is 5.10 Å². The Labute approximate surface area is 85.5 Å². The Morgan fingerprint density at radius 2 is 2.33 bits per heavy atom. The van der Waals surface area contributed by atoms with E-state index in [9.17, 15) is 9.59 Å². The lowest BCUT2D eigenvalue weighted by Gasteiger charge is -2.14. The Balaban J connectivity index is 2.24. The topological polar surface area (TPSA) is 93.9 Å². The van der Waals surface area contributed by atoms with Crippen molar-refractivity contribution >= 4 is 5.82 Å². The minimum atomic E-state index is -0.576. The molecule has 1 aromatic rings. The third-order valence-electron chi connectivity index (χ3n) is 2.59. The number of aromatic amines is 2. The van der Waals surface area contributed by atoms with Crippen molar-refractivity contribution in [2.75, 3.05) is 25.0 Å². The van der Waals surface area contributed by atoms with E-state index >= 15 is 0 Å². The second kappa shape index (κ2) is 3.85. The van der Waals surface area contributed by atoms with Crippen LogP contribution in [0.4, 0.5) is 5.82 Å². The quantitative estimate of drug-likeness (QED) is 0.539. The van der Waals surface area contributed by atoms with Crippen LogP contribution in [0.15, 0.2) is 9.59 Å². The van der Waals surface area contributed by atoms with Crippen LogP contribution in [0, 0.1) is 0 Å². The predicted molar refractivity (Wildman–Crippen MR) is 55.2 cm³/mol. The summed E-state index contributed by atoms with van der Waals surface area (Å²) in [6.07, 6.45) is 0.969. The lowest BCUT2D eigenvalue weighted by molar-refractivity contribution is 0.616. The number of hydrogen-bond donors (Lipinski definition) is 3. The number of aromatic nitrogens is 3. The van der Waals surface area contributed by atoms with E-state index in [1.165, 1.54) is 0 Å². The van der Waals surface area contributed by atoms with E-state index in [2.05, 4.69) is 20.5 Å². The molecule has 0 aliphatic carbocycles. The summed E-state index contributed by atoms with van der Waals surface area (Å²) >= 11 is 0. The fraction of sp³-hybridized carbons (Fsp3) is 0.625. The van der Waals surface area contributed by atoms with E-state index in [1.54, 1.807) is 0 Å². The van der Waals surface area contributed by atoms with Crippen LogP contribution in [0.2, 0.25) is 0 Å². The fourth-order valence-corrected chi connectivity index (χ4v) is 1.74. The molecule has 15 heavy (non-hydrogen) atoms. The first-order chi connectivity index (χ1) is 7.20. The van der Waals surface area contributed by atoms with E-state index < -0.39 is 11.2 Å². The van der Waals surface area contributed by atoms with Crippen molar-refractivity contribution in [1.82, 2.24) is 20.5 Å². The molecule has 7 heteroatoms. The van der Waals surface area contributed by atoms with Gasteiger partial charge in [-0.25, -0.2) is 9.89 Å². The third kappa shape index (κ3) is 1.91. The Kier molecular flexibility index (Phi) is 2.55. The smallest absolute Gasteiger partial charge is 0.342 e. The molecule has 1 aromatic heterocycles. The highest BCUT2D eigenvalue weighted by Crippen LogP contribution is 2.12. The summed E-state index contributed by atoms with van der Waals surface area (Å²) < 4.78 is 0. The summed E-state index contributed by atoms with van der Waals surface area (Å²) in [5.41, 5.74) is -1.01. The summed E-state index contributed by atoms with van der Waals surface area (Å²) in [6.45, 7) is 1.51. The molecule has 82 valence electrons. The van der Waals surface area contributed by atoms with E-state index in [-0.39, 0.29) is 5.82 Å². The maximum absolute atomic E-state index is 11.4. The molecule has 0 bridgehead atoms. The highest BCUT2D eigenvalue weighted by molar-refractivity contribution is 5.36. The molecule has 1 atom stereocenters. The van der Waals surface area contributed by atoms with E-state index in [0.717, 1.165) is 19.5 Å². The Morgan fingerprint density at radius 3 is 2.93 bits per heavy atom. The molecule has 1 saturated heterocycles. The maximum atomic E-state index is 11.4. The van der Waals surface area contributed by atoms with Gasteiger partial charge in [0, 0.05) is 19.1 Å². The first-order valence-electron chi connectivity index (χ1n) is 4.82. The average Bonchev–Trinajstić information content (AvgIpc) is 2.66. The molecule has 1 aliphatic rings. The molecular formula is C8H13N5O2. The summed E-state index contributed by atoms with van der Waals surface area (Å²) in [4.78, 5) is 26.2. The van der Waals surface area contributed by atoms with Crippen molar-refractivity contribution in [3.05, 3.63) is 20.8 Å². The first-order valence-corrected chi connectivity index (χ1v) is 4.82. The monoisotopic (exact) mass is 211 g/mol. The molecular weight excluding hydrogens is 198 g/mol. The van der Waals surface area contributed by atoms with E-state index in [0.29, 0.717) is 6.04 Å². The lowest BCUT2D eigenvalue weighted by Crippen LogP contribution is -2.35. The van der Waals surface area contributed by atoms with E-state index in [1.807, 2.05) is 11.9 Å². The maximum Gasteiger partial charge on any atom is 0.342 e. The Bertz CT molecular complexity index is 451. The number of anilines is 1. The fourth-order valence-electron chi connectivity index (χ4n) is 1.74. The van der Waals surface area contributed by atoms with Crippen LogP contribution in [0.5, 0.6) is 0 Å². The van der Waals surface area contributed by atoms with Crippen molar-refractivity contribution in [2.45, 2.75) is 12.5 Å². The molecule has 3 N–H and O–H groups in total. The van der Waals surface area contributed by atoms with Crippen LogP contribution in [-0.4, -0.2) is 41.4 Å². The molecule has 0 radical (unpaired) electrons. The first kappa shape index (κ1) is 9.91. The summed E-state index contributed by atoms with van der Waals surface area (Å²) in [7, 11) is 1.89. The van der Waals surface area contributed by atoms with Gasteiger partial charge in [0.2, 0.25) is 5.82 Å². The summed E-state index contributed by atoms with van der Waals surface area (Å²) in [5, 5.41) is 9.11. The number of likely N-dealkylation sites (N-methyl/N-ethyl adjacent to an activating group) is 1. The second-order valence-electron chi connectivity index (χ2n) is 3.55. The average molecular weight is 211 g/mol. The summed E-state index contributed by atoms with van der Waals surface area (Å²) in [6, 6.07) is 0.373. The van der Waals surface area contributed by atoms with Crippen LogP contribution in [0.25, 0.3) is 0 Å². The summed E-state index contributed by atoms with van der Waals surface area (Å²) in [5.74, 6) is 0.285. The number of nitrogens with one attached hydrogen (secondary N) is 3. The molecule has 0 amide bonds. The SMILES string of the molecule is CNC1CCN(c2n[nH]c(=O)[nH]c2=O)C1. The van der Waals surface area contributed by atoms with Crippen molar-refractivity contribution in [2.24, 2.45) is 0 Å². The van der Waals surface area contributed by atoms with Crippen LogP contribution < -0.4 is 21.5 Å². The largest absolute Gasteiger partial charge is 0.349 e. The van der Waals surface area contributed by atoms with Crippen LogP contribution in [0.3, 0.4) is 0 Å². The molecule has 1 fully saturated rings. The molecule has 1 unspecified atom stereocenters. The molecule has 1 aliphatic heterocycles. The number of rotatable bonds is 2. The molecule has 0 spiro atoms. The number of hydrogen-bond acceptors (Lipinski definition) is 5. The zero-order chi connectivity index (χ0) is 10.8. The second-order valence-corrected chi connectivity index (χ2v) is 3.55. The third-order valence-corrected chi connectivity index (χ3v) is 2.59. The van der Waals surface area contributed by atoms with Gasteiger partial charge in [0.1, 0.15) is 0 Å². The van der Waals surface area contributed by atoms with Gasteiger partial charge in [-0.1, -0.05) is 0 Å². The van der Waals surface area contributed by atoms with Crippen LogP contribution in [0.1, 0.15) is 6.42 Å². The molecule has 0 saturated carbocycles. The van der Waals surface area contributed by atoms with E-state index in [4.69, 9.17) is 0 Å². The van der Waals surface area contributed by atoms with Crippen molar-refractivity contribution in [1.29, 1.82) is 0 Å². The minimum Gasteiger partial charge on any atom is -0.349 e. The van der Waals surface area contributed by atoms with Gasteiger partial charge >= 0.3 is 5.69 Å². The van der Waals surface area contributed by atoms with Crippen molar-refractivity contribution in [3.63, 3.8) is 0 Å². The normalized spacial score (nSPS) is 20.9. The molecule has 7 nitrogen and oxygen atoms in total. The molecule has 2 rings (SSSR count). The van der Waals surface area contributed by atoms with Gasteiger partial charge in [0.25, 0.3) is 5.56 Å². The van der Waals surface area contributed by atoms with Gasteiger partial charge < -0.3 is 10.2 Å². The predicted octanol–water partition coefficient (Wildman–Crippen LogP) is -1.74. The highest BCUT2D eigenvalue weighted by atomic mass is 16.2. The standard InChI is InChI=1S/C8H13N5O2/c1-9-5-2-3-13(4-5)6-7(14)10-8(15)12-11-6/h5,9H,2-4H2,1H3,(H2,10,12,14,15). The zero-order valence-electron chi connectivity index (χ0n) is 8.41. The van der Waals surface area contributed by atoms with Gasteiger partial charge in [-0.05, 0) is 13.5 Å². The lowest BCUT2D eigenvalue weighted by atomic mass is 10.3. The van der Waals surface area contributed by atoms with Crippen molar-refractivity contribution < 1.29 is 0 Å². The Hall–Kier alpha value is -1.63. The van der Waals surface area contributed by atoms with Gasteiger partial charge in [0.15, 0.2) is 0 Å². The number of H-pyrrole nitrogens is 2. The van der Waals surface area contributed by atoms with Gasteiger partial charge in [0.05, 0.1) is 0 Å². The zero-order valence-corrected chi connectivity index (χ0v) is 8.41. The number of nitrogens with zero attached hydrogens (tertiary/aromatic N) is 2. The molecule has 2 heterocycles. The highest BCUT2D eigenvalue weighted by Gasteiger charge is 2.24. The van der Waals surface area contributed by atoms with Crippen LogP contribution >= 0.6 is 0 Å². The van der Waals surface area contributed by atoms with Gasteiger partial charge in [-0.2, -0.15) is 0 Å². The minimum absolute atomic E-state index is 0.285. The van der Waals surface area contributed by atoms with Crippen LogP contribution in [-0.2, 0) is 0 Å². The van der Waals surface area contributed by atoms with Crippen molar-refractivity contribution in [3.8, 4) is 0 Å². The van der Waals surface area contributed by atoms with Gasteiger partial charge in [-0.3, -0.25) is 9.78 Å². The Morgan fingerprint density at radius 1 is 1.53 bits per heavy atom.